The van der Waals surface area contributed by atoms with E-state index in [9.17, 15) is 4.79 Å². The van der Waals surface area contributed by atoms with Crippen molar-refractivity contribution in [2.75, 3.05) is 6.54 Å². The van der Waals surface area contributed by atoms with E-state index in [0.29, 0.717) is 6.54 Å². The molecule has 1 aromatic heterocycles. The van der Waals surface area contributed by atoms with Crippen LogP contribution in [0.2, 0.25) is 0 Å². The lowest BCUT2D eigenvalue weighted by molar-refractivity contribution is -0.116. The molecular weight excluding hydrogens is 262 g/mol. The van der Waals surface area contributed by atoms with Gasteiger partial charge in [0.25, 0.3) is 0 Å². The van der Waals surface area contributed by atoms with Gasteiger partial charge in [0, 0.05) is 38.0 Å². The topological polar surface area (TPSA) is 46.9 Å². The van der Waals surface area contributed by atoms with E-state index < -0.39 is 0 Å². The van der Waals surface area contributed by atoms with Crippen LogP contribution >= 0.6 is 0 Å². The summed E-state index contributed by atoms with van der Waals surface area (Å²) >= 11 is 0. The molecule has 0 spiro atoms. The molecule has 21 heavy (non-hydrogen) atoms. The number of carbonyl (C=O) groups excluding carboxylic acids is 1. The Kier molecular flexibility index (Phi) is 5.32. The molecular formula is C17H21N3O. The van der Waals surface area contributed by atoms with Gasteiger partial charge in [0.05, 0.1) is 0 Å². The monoisotopic (exact) mass is 283 g/mol. The maximum absolute atomic E-state index is 11.5. The zero-order valence-electron chi connectivity index (χ0n) is 12.5. The number of amides is 1. The van der Waals surface area contributed by atoms with Crippen LogP contribution in [0, 0.1) is 0 Å². The van der Waals surface area contributed by atoms with Crippen LogP contribution in [0.25, 0.3) is 0 Å². The first kappa shape index (κ1) is 15.0. The lowest BCUT2D eigenvalue weighted by Gasteiger charge is -2.08. The fourth-order valence-corrected chi connectivity index (χ4v) is 2.10. The number of imidazole rings is 1. The minimum atomic E-state index is -0.0452. The first-order valence-corrected chi connectivity index (χ1v) is 7.12. The Morgan fingerprint density at radius 3 is 2.76 bits per heavy atom. The average Bonchev–Trinajstić information content (AvgIpc) is 2.86. The minimum Gasteiger partial charge on any atom is -0.352 e. The number of allylic oxidation sites excluding steroid dienone is 1. The second-order valence-corrected chi connectivity index (χ2v) is 5.22. The van der Waals surface area contributed by atoms with Gasteiger partial charge in [0.2, 0.25) is 5.91 Å². The molecule has 0 aliphatic rings. The first-order valence-electron chi connectivity index (χ1n) is 7.12. The molecule has 0 bridgehead atoms. The van der Waals surface area contributed by atoms with E-state index in [4.69, 9.17) is 0 Å². The number of nitrogens with one attached hydrogen (secondary N) is 1. The Morgan fingerprint density at radius 2 is 2.05 bits per heavy atom. The third-order valence-corrected chi connectivity index (χ3v) is 3.07. The lowest BCUT2D eigenvalue weighted by Crippen LogP contribution is -2.24. The molecule has 4 nitrogen and oxygen atoms in total. The van der Waals surface area contributed by atoms with Crippen molar-refractivity contribution >= 4 is 5.91 Å². The maximum atomic E-state index is 11.5. The van der Waals surface area contributed by atoms with E-state index in [2.05, 4.69) is 27.0 Å². The van der Waals surface area contributed by atoms with Crippen LogP contribution in [0.1, 0.15) is 25.2 Å². The Labute approximate surface area is 125 Å². The van der Waals surface area contributed by atoms with Gasteiger partial charge in [-0.2, -0.15) is 0 Å². The van der Waals surface area contributed by atoms with Gasteiger partial charge in [0.1, 0.15) is 5.82 Å². The van der Waals surface area contributed by atoms with E-state index in [1.165, 1.54) is 5.56 Å². The maximum Gasteiger partial charge on any atom is 0.243 e. The van der Waals surface area contributed by atoms with Gasteiger partial charge in [-0.1, -0.05) is 35.9 Å². The summed E-state index contributed by atoms with van der Waals surface area (Å²) in [6.45, 7) is 5.21. The van der Waals surface area contributed by atoms with Crippen molar-refractivity contribution < 1.29 is 4.79 Å². The fraction of sp³-hybridized carbons (Fsp3) is 0.294. The quantitative estimate of drug-likeness (QED) is 0.828. The van der Waals surface area contributed by atoms with Crippen LogP contribution in [0.3, 0.4) is 0 Å². The molecule has 110 valence electrons. The number of benzene rings is 1. The summed E-state index contributed by atoms with van der Waals surface area (Å²) in [5, 5.41) is 2.87. The SMILES string of the molecule is CC(C)=CC(=O)NCCc1nccn1Cc1ccccc1. The second kappa shape index (κ2) is 7.43. The summed E-state index contributed by atoms with van der Waals surface area (Å²) in [5.41, 5.74) is 2.24. The van der Waals surface area contributed by atoms with Gasteiger partial charge >= 0.3 is 0 Å². The van der Waals surface area contributed by atoms with Crippen LogP contribution in [0.15, 0.2) is 54.4 Å². The molecule has 4 heteroatoms. The van der Waals surface area contributed by atoms with Crippen LogP contribution in [-0.4, -0.2) is 22.0 Å². The van der Waals surface area contributed by atoms with Crippen LogP contribution in [-0.2, 0) is 17.8 Å². The number of carbonyl (C=O) groups is 1. The lowest BCUT2D eigenvalue weighted by atomic mass is 10.2. The summed E-state index contributed by atoms with van der Waals surface area (Å²) in [6, 6.07) is 10.3. The molecule has 0 atom stereocenters. The number of nitrogens with zero attached hydrogens (tertiary/aromatic N) is 2. The second-order valence-electron chi connectivity index (χ2n) is 5.22. The highest BCUT2D eigenvalue weighted by Crippen LogP contribution is 2.05. The molecule has 2 aromatic rings. The summed E-state index contributed by atoms with van der Waals surface area (Å²) in [5.74, 6) is 0.938. The van der Waals surface area contributed by atoms with Crippen molar-refractivity contribution in [2.45, 2.75) is 26.8 Å². The van der Waals surface area contributed by atoms with E-state index in [-0.39, 0.29) is 5.91 Å². The summed E-state index contributed by atoms with van der Waals surface area (Å²) in [6.07, 6.45) is 6.11. The standard InChI is InChI=1S/C17H21N3O/c1-14(2)12-17(21)19-9-8-16-18-10-11-20(16)13-15-6-4-3-5-7-15/h3-7,10-12H,8-9,13H2,1-2H3,(H,19,21). The molecule has 2 rings (SSSR count). The largest absolute Gasteiger partial charge is 0.352 e. The predicted octanol–water partition coefficient (Wildman–Crippen LogP) is 2.56. The zero-order chi connectivity index (χ0) is 15.1. The number of rotatable bonds is 6. The van der Waals surface area contributed by atoms with E-state index in [0.717, 1.165) is 24.4 Å². The highest BCUT2D eigenvalue weighted by atomic mass is 16.1. The molecule has 0 saturated carbocycles. The van der Waals surface area contributed by atoms with Crippen molar-refractivity contribution in [3.8, 4) is 0 Å². The van der Waals surface area contributed by atoms with Crippen molar-refractivity contribution in [3.63, 3.8) is 0 Å². The first-order chi connectivity index (χ1) is 10.1. The highest BCUT2D eigenvalue weighted by Gasteiger charge is 2.04. The van der Waals surface area contributed by atoms with Crippen molar-refractivity contribution in [1.82, 2.24) is 14.9 Å². The van der Waals surface area contributed by atoms with Gasteiger partial charge in [-0.3, -0.25) is 4.79 Å². The van der Waals surface area contributed by atoms with Crippen molar-refractivity contribution in [2.24, 2.45) is 0 Å². The normalized spacial score (nSPS) is 10.2. The van der Waals surface area contributed by atoms with Gasteiger partial charge in [-0.15, -0.1) is 0 Å². The Bertz CT molecular complexity index is 610. The smallest absolute Gasteiger partial charge is 0.243 e. The molecule has 0 radical (unpaired) electrons. The van der Waals surface area contributed by atoms with Crippen LogP contribution in [0.4, 0.5) is 0 Å². The van der Waals surface area contributed by atoms with E-state index in [1.807, 2.05) is 38.2 Å². The minimum absolute atomic E-state index is 0.0452. The third kappa shape index (κ3) is 4.91. The number of aromatic nitrogens is 2. The molecule has 0 fully saturated rings. The molecule has 0 aliphatic heterocycles. The molecule has 1 heterocycles. The average molecular weight is 283 g/mol. The summed E-state index contributed by atoms with van der Waals surface area (Å²) in [4.78, 5) is 15.9. The Balaban J connectivity index is 1.89. The molecule has 0 unspecified atom stereocenters. The molecule has 0 saturated heterocycles. The third-order valence-electron chi connectivity index (χ3n) is 3.07. The summed E-state index contributed by atoms with van der Waals surface area (Å²) in [7, 11) is 0. The van der Waals surface area contributed by atoms with Gasteiger partial charge in [0.15, 0.2) is 0 Å². The molecule has 1 aromatic carbocycles. The highest BCUT2D eigenvalue weighted by molar-refractivity contribution is 5.87. The molecule has 0 aliphatic carbocycles. The van der Waals surface area contributed by atoms with Crippen LogP contribution < -0.4 is 5.32 Å². The Morgan fingerprint density at radius 1 is 1.29 bits per heavy atom. The van der Waals surface area contributed by atoms with E-state index >= 15 is 0 Å². The number of hydrogen-bond acceptors (Lipinski definition) is 2. The molecule has 1 amide bonds. The van der Waals surface area contributed by atoms with Gasteiger partial charge in [-0.25, -0.2) is 4.98 Å². The van der Waals surface area contributed by atoms with Gasteiger partial charge in [-0.05, 0) is 19.4 Å². The predicted molar refractivity (Wildman–Crippen MR) is 83.9 cm³/mol. The molecule has 1 N–H and O–H groups in total. The van der Waals surface area contributed by atoms with Crippen molar-refractivity contribution in [1.29, 1.82) is 0 Å². The number of hydrogen-bond donors (Lipinski definition) is 1. The fourth-order valence-electron chi connectivity index (χ4n) is 2.10. The van der Waals surface area contributed by atoms with Crippen molar-refractivity contribution in [3.05, 3.63) is 65.8 Å². The van der Waals surface area contributed by atoms with E-state index in [1.54, 1.807) is 12.3 Å². The Hall–Kier alpha value is -2.36. The van der Waals surface area contributed by atoms with Crippen LogP contribution in [0.5, 0.6) is 0 Å². The summed E-state index contributed by atoms with van der Waals surface area (Å²) < 4.78 is 2.11. The van der Waals surface area contributed by atoms with Gasteiger partial charge < -0.3 is 9.88 Å². The zero-order valence-corrected chi connectivity index (χ0v) is 12.5.